The summed E-state index contributed by atoms with van der Waals surface area (Å²) in [6.45, 7) is 13.7. The fourth-order valence-electron chi connectivity index (χ4n) is 5.51. The van der Waals surface area contributed by atoms with Gasteiger partial charge in [-0.3, -0.25) is 9.99 Å². The zero-order chi connectivity index (χ0) is 25.1. The molecule has 0 saturated carbocycles. The third-order valence-corrected chi connectivity index (χ3v) is 7.22. The molecule has 190 valence electrons. The van der Waals surface area contributed by atoms with Crippen molar-refractivity contribution in [2.75, 3.05) is 26.2 Å². The Bertz CT molecular complexity index is 1140. The molecule has 0 spiro atoms. The number of nitrogens with zero attached hydrogens (tertiary/aromatic N) is 3. The Morgan fingerprint density at radius 3 is 2.58 bits per heavy atom. The molecular formula is C29H37N5O2. The first kappa shape index (κ1) is 24.7. The van der Waals surface area contributed by atoms with Gasteiger partial charge in [-0.25, -0.2) is 10.4 Å². The van der Waals surface area contributed by atoms with E-state index in [4.69, 9.17) is 19.5 Å². The Kier molecular flexibility index (Phi) is 7.23. The number of hydrazine groups is 1. The van der Waals surface area contributed by atoms with E-state index in [0.717, 1.165) is 72.8 Å². The number of amidine groups is 1. The summed E-state index contributed by atoms with van der Waals surface area (Å²) in [5.74, 6) is 1.67. The quantitative estimate of drug-likeness (QED) is 0.523. The molecule has 4 heterocycles. The zero-order valence-electron chi connectivity index (χ0n) is 21.6. The fraction of sp³-hybridized carbons (Fsp3) is 0.448. The fourth-order valence-corrected chi connectivity index (χ4v) is 5.51. The van der Waals surface area contributed by atoms with Gasteiger partial charge in [0.1, 0.15) is 11.6 Å². The highest BCUT2D eigenvalue weighted by atomic mass is 16.5. The normalized spacial score (nSPS) is 24.5. The second-order valence-electron chi connectivity index (χ2n) is 9.64. The predicted octanol–water partition coefficient (Wildman–Crippen LogP) is 4.76. The van der Waals surface area contributed by atoms with Crippen LogP contribution in [-0.2, 0) is 9.47 Å². The second kappa shape index (κ2) is 10.5. The molecule has 2 aromatic rings. The number of hydrogen-bond acceptors (Lipinski definition) is 7. The van der Waals surface area contributed by atoms with Crippen molar-refractivity contribution in [1.29, 1.82) is 0 Å². The van der Waals surface area contributed by atoms with E-state index in [2.05, 4.69) is 60.4 Å². The number of piperidine rings is 1. The molecule has 0 amide bonds. The van der Waals surface area contributed by atoms with Crippen molar-refractivity contribution in [2.24, 2.45) is 4.99 Å². The van der Waals surface area contributed by atoms with Gasteiger partial charge in [0.15, 0.2) is 5.72 Å². The number of nitrogens with one attached hydrogen (secondary N) is 2. The Labute approximate surface area is 214 Å². The Balaban J connectivity index is 1.50. The first-order chi connectivity index (χ1) is 17.5. The second-order valence-corrected chi connectivity index (χ2v) is 9.64. The molecule has 1 aromatic carbocycles. The van der Waals surface area contributed by atoms with Crippen LogP contribution in [0.2, 0.25) is 0 Å². The smallest absolute Gasteiger partial charge is 0.189 e. The van der Waals surface area contributed by atoms with Gasteiger partial charge in [-0.15, -0.1) is 0 Å². The molecule has 5 rings (SSSR count). The minimum absolute atomic E-state index is 0.0710. The molecule has 2 unspecified atom stereocenters. The molecule has 0 bridgehead atoms. The molecule has 3 aliphatic rings. The van der Waals surface area contributed by atoms with Gasteiger partial charge in [0.05, 0.1) is 29.9 Å². The lowest BCUT2D eigenvalue weighted by Crippen LogP contribution is -2.48. The molecule has 7 heteroatoms. The lowest BCUT2D eigenvalue weighted by atomic mass is 9.93. The van der Waals surface area contributed by atoms with E-state index in [1.165, 1.54) is 0 Å². The van der Waals surface area contributed by atoms with Crippen molar-refractivity contribution in [1.82, 2.24) is 20.7 Å². The SMILES string of the molecule is C=C(OCC)C1=C(CC)N2NCC(c3ccc(-c4ccccc4)nc3)C2=NC1(C)OC1CCNCC1. The summed E-state index contributed by atoms with van der Waals surface area (Å²) < 4.78 is 12.7. The molecule has 2 saturated heterocycles. The van der Waals surface area contributed by atoms with Crippen molar-refractivity contribution < 1.29 is 9.47 Å². The van der Waals surface area contributed by atoms with Crippen molar-refractivity contribution in [3.05, 3.63) is 77.8 Å². The van der Waals surface area contributed by atoms with E-state index >= 15 is 0 Å². The van der Waals surface area contributed by atoms with Gasteiger partial charge >= 0.3 is 0 Å². The number of pyridine rings is 1. The van der Waals surface area contributed by atoms with Crippen LogP contribution in [0.3, 0.4) is 0 Å². The third kappa shape index (κ3) is 4.71. The van der Waals surface area contributed by atoms with Crippen molar-refractivity contribution in [3.63, 3.8) is 0 Å². The number of aliphatic imine (C=N–C) groups is 1. The van der Waals surface area contributed by atoms with Crippen LogP contribution < -0.4 is 10.7 Å². The maximum atomic E-state index is 6.80. The number of fused-ring (bicyclic) bond motifs is 1. The first-order valence-corrected chi connectivity index (χ1v) is 13.1. The minimum atomic E-state index is -0.868. The zero-order valence-corrected chi connectivity index (χ0v) is 21.6. The van der Waals surface area contributed by atoms with Gasteiger partial charge in [-0.1, -0.05) is 49.9 Å². The molecule has 1 aromatic heterocycles. The van der Waals surface area contributed by atoms with Crippen LogP contribution in [0.15, 0.2) is 77.3 Å². The van der Waals surface area contributed by atoms with Gasteiger partial charge in [-0.2, -0.15) is 0 Å². The summed E-state index contributed by atoms with van der Waals surface area (Å²) >= 11 is 0. The van der Waals surface area contributed by atoms with Gasteiger partial charge in [0.2, 0.25) is 0 Å². The highest BCUT2D eigenvalue weighted by Gasteiger charge is 2.46. The Hall–Kier alpha value is -3.00. The maximum Gasteiger partial charge on any atom is 0.189 e. The van der Waals surface area contributed by atoms with Crippen LogP contribution in [0.5, 0.6) is 0 Å². The minimum Gasteiger partial charge on any atom is -0.494 e. The van der Waals surface area contributed by atoms with E-state index in [-0.39, 0.29) is 12.0 Å². The summed E-state index contributed by atoms with van der Waals surface area (Å²) in [6.07, 6.45) is 4.85. The van der Waals surface area contributed by atoms with Crippen LogP contribution in [0.1, 0.15) is 51.5 Å². The van der Waals surface area contributed by atoms with E-state index in [0.29, 0.717) is 12.4 Å². The molecule has 7 nitrogen and oxygen atoms in total. The number of benzene rings is 1. The average molecular weight is 488 g/mol. The predicted molar refractivity (Wildman–Crippen MR) is 143 cm³/mol. The van der Waals surface area contributed by atoms with Crippen molar-refractivity contribution in [3.8, 4) is 11.3 Å². The van der Waals surface area contributed by atoms with Gasteiger partial charge in [-0.05, 0) is 57.8 Å². The summed E-state index contributed by atoms with van der Waals surface area (Å²) in [7, 11) is 0. The largest absolute Gasteiger partial charge is 0.494 e. The summed E-state index contributed by atoms with van der Waals surface area (Å²) in [5, 5.41) is 5.55. The van der Waals surface area contributed by atoms with E-state index in [1.807, 2.05) is 31.3 Å². The lowest BCUT2D eigenvalue weighted by molar-refractivity contribution is -0.0708. The Morgan fingerprint density at radius 2 is 1.92 bits per heavy atom. The van der Waals surface area contributed by atoms with Crippen LogP contribution in [0.25, 0.3) is 11.3 Å². The van der Waals surface area contributed by atoms with E-state index in [9.17, 15) is 0 Å². The topological polar surface area (TPSA) is 71.0 Å². The molecule has 2 N–H and O–H groups in total. The number of ether oxygens (including phenoxy) is 2. The summed E-state index contributed by atoms with van der Waals surface area (Å²) in [6, 6.07) is 14.5. The summed E-state index contributed by atoms with van der Waals surface area (Å²) in [4.78, 5) is 10.1. The number of hydrogen-bond donors (Lipinski definition) is 2. The van der Waals surface area contributed by atoms with Crippen molar-refractivity contribution in [2.45, 2.75) is 57.8 Å². The van der Waals surface area contributed by atoms with Gasteiger partial charge < -0.3 is 14.8 Å². The van der Waals surface area contributed by atoms with Crippen LogP contribution in [0, 0.1) is 0 Å². The molecular weight excluding hydrogens is 450 g/mol. The van der Waals surface area contributed by atoms with Crippen molar-refractivity contribution >= 4 is 5.84 Å². The number of rotatable bonds is 8. The van der Waals surface area contributed by atoms with Gasteiger partial charge in [0.25, 0.3) is 0 Å². The molecule has 2 atom stereocenters. The monoisotopic (exact) mass is 487 g/mol. The lowest BCUT2D eigenvalue weighted by Gasteiger charge is -2.42. The highest BCUT2D eigenvalue weighted by molar-refractivity contribution is 5.93. The molecule has 2 fully saturated rings. The maximum absolute atomic E-state index is 6.80. The van der Waals surface area contributed by atoms with Crippen LogP contribution >= 0.6 is 0 Å². The molecule has 0 radical (unpaired) electrons. The van der Waals surface area contributed by atoms with Crippen LogP contribution in [-0.4, -0.2) is 53.9 Å². The number of aromatic nitrogens is 1. The standard InChI is InChI=1S/C29H37N5O2/c1-5-26-27(20(3)35-6-2)29(4,36-23-14-16-30-17-15-23)33-28-24(19-32-34(26)28)22-12-13-25(31-18-22)21-10-8-7-9-11-21/h7-13,18,23-24,30,32H,3,5-6,14-17,19H2,1-2,4H3. The molecule has 36 heavy (non-hydrogen) atoms. The average Bonchev–Trinajstić information content (AvgIpc) is 3.32. The van der Waals surface area contributed by atoms with E-state index in [1.54, 1.807) is 0 Å². The highest BCUT2D eigenvalue weighted by Crippen LogP contribution is 2.42. The molecule has 0 aliphatic carbocycles. The first-order valence-electron chi connectivity index (χ1n) is 13.1. The van der Waals surface area contributed by atoms with E-state index < -0.39 is 5.72 Å². The molecule has 3 aliphatic heterocycles. The third-order valence-electron chi connectivity index (χ3n) is 7.22. The summed E-state index contributed by atoms with van der Waals surface area (Å²) in [5.41, 5.74) is 7.96. The van der Waals surface area contributed by atoms with Crippen LogP contribution in [0.4, 0.5) is 0 Å². The Morgan fingerprint density at radius 1 is 1.14 bits per heavy atom. The number of allylic oxidation sites excluding steroid dienone is 1. The van der Waals surface area contributed by atoms with Gasteiger partial charge in [0, 0.05) is 24.0 Å².